The Kier molecular flexibility index (Phi) is 4.10. The van der Waals surface area contributed by atoms with E-state index in [0.29, 0.717) is 0 Å². The van der Waals surface area contributed by atoms with Gasteiger partial charge in [0, 0.05) is 0 Å². The standard InChI is InChI=1S/C5H4F8O/c6-2(7)1-14-5(12,13)3(8)4(9,10)11/h2-3H,1H2/t3-/m0/s1. The van der Waals surface area contributed by atoms with Gasteiger partial charge >= 0.3 is 12.3 Å². The van der Waals surface area contributed by atoms with E-state index in [0.717, 1.165) is 0 Å². The molecule has 9 heteroatoms. The highest BCUT2D eigenvalue weighted by molar-refractivity contribution is 4.75. The minimum atomic E-state index is -5.86. The second kappa shape index (κ2) is 4.28. The fourth-order valence-corrected chi connectivity index (χ4v) is 0.438. The molecule has 0 spiro atoms. The SMILES string of the molecule is FC(F)COC(F)(F)[C@@H](F)C(F)(F)F. The van der Waals surface area contributed by atoms with Gasteiger partial charge in [-0.2, -0.15) is 22.0 Å². The predicted molar refractivity (Wildman–Crippen MR) is 27.9 cm³/mol. The molecule has 86 valence electrons. The molecule has 0 saturated heterocycles. The largest absolute Gasteiger partial charge is 0.428 e. The van der Waals surface area contributed by atoms with Gasteiger partial charge in [0.15, 0.2) is 0 Å². The molecule has 14 heavy (non-hydrogen) atoms. The normalized spacial score (nSPS) is 16.1. The minimum Gasteiger partial charge on any atom is -0.312 e. The second-order valence-electron chi connectivity index (χ2n) is 2.17. The van der Waals surface area contributed by atoms with Crippen LogP contribution < -0.4 is 0 Å². The molecule has 0 saturated carbocycles. The highest BCUT2D eigenvalue weighted by Gasteiger charge is 2.58. The Bertz CT molecular complexity index is 175. The smallest absolute Gasteiger partial charge is 0.312 e. The van der Waals surface area contributed by atoms with Crippen LogP contribution in [0.2, 0.25) is 0 Å². The number of halogens is 8. The van der Waals surface area contributed by atoms with Gasteiger partial charge in [0.1, 0.15) is 6.61 Å². The van der Waals surface area contributed by atoms with Crippen LogP contribution in [-0.2, 0) is 4.74 Å². The Morgan fingerprint density at radius 1 is 0.929 bits per heavy atom. The van der Waals surface area contributed by atoms with E-state index < -0.39 is 31.5 Å². The van der Waals surface area contributed by atoms with Crippen LogP contribution in [0.3, 0.4) is 0 Å². The van der Waals surface area contributed by atoms with E-state index in [1.54, 1.807) is 0 Å². The lowest BCUT2D eigenvalue weighted by atomic mass is 10.3. The van der Waals surface area contributed by atoms with E-state index in [1.165, 1.54) is 0 Å². The van der Waals surface area contributed by atoms with Crippen LogP contribution in [0.4, 0.5) is 35.1 Å². The van der Waals surface area contributed by atoms with Gasteiger partial charge in [-0.25, -0.2) is 13.2 Å². The molecule has 0 aliphatic heterocycles. The lowest BCUT2D eigenvalue weighted by Crippen LogP contribution is -2.44. The molecule has 0 N–H and O–H groups in total. The van der Waals surface area contributed by atoms with Gasteiger partial charge in [-0.15, -0.1) is 0 Å². The molecule has 0 aliphatic carbocycles. The van der Waals surface area contributed by atoms with Crippen molar-refractivity contribution in [2.75, 3.05) is 6.61 Å². The Hall–Kier alpha value is -0.600. The second-order valence-corrected chi connectivity index (χ2v) is 2.17. The van der Waals surface area contributed by atoms with E-state index in [2.05, 4.69) is 4.74 Å². The summed E-state index contributed by atoms with van der Waals surface area (Å²) in [6.45, 7) is -1.97. The van der Waals surface area contributed by atoms with Crippen molar-refractivity contribution in [1.82, 2.24) is 0 Å². The van der Waals surface area contributed by atoms with Gasteiger partial charge in [0.05, 0.1) is 0 Å². The first kappa shape index (κ1) is 13.4. The number of ether oxygens (including phenoxy) is 1. The van der Waals surface area contributed by atoms with E-state index in [-0.39, 0.29) is 0 Å². The van der Waals surface area contributed by atoms with Gasteiger partial charge < -0.3 is 4.74 Å². The van der Waals surface area contributed by atoms with Crippen molar-refractivity contribution in [3.8, 4) is 0 Å². The summed E-state index contributed by atoms with van der Waals surface area (Å²) >= 11 is 0. The topological polar surface area (TPSA) is 9.23 Å². The van der Waals surface area contributed by atoms with Crippen molar-refractivity contribution >= 4 is 0 Å². The van der Waals surface area contributed by atoms with E-state index >= 15 is 0 Å². The summed E-state index contributed by atoms with van der Waals surface area (Å²) in [6, 6.07) is 0. The van der Waals surface area contributed by atoms with Crippen molar-refractivity contribution in [3.63, 3.8) is 0 Å². The monoisotopic (exact) mass is 232 g/mol. The minimum absolute atomic E-state index is 1.97. The molecule has 0 aromatic rings. The van der Waals surface area contributed by atoms with Crippen LogP contribution in [0.5, 0.6) is 0 Å². The van der Waals surface area contributed by atoms with E-state index in [1.807, 2.05) is 0 Å². The Morgan fingerprint density at radius 2 is 1.36 bits per heavy atom. The first-order chi connectivity index (χ1) is 6.07. The van der Waals surface area contributed by atoms with Crippen molar-refractivity contribution in [2.24, 2.45) is 0 Å². The summed E-state index contributed by atoms with van der Waals surface area (Å²) in [5.41, 5.74) is 0. The van der Waals surface area contributed by atoms with Crippen molar-refractivity contribution in [3.05, 3.63) is 0 Å². The first-order valence-electron chi connectivity index (χ1n) is 3.08. The van der Waals surface area contributed by atoms with Crippen molar-refractivity contribution < 1.29 is 39.9 Å². The summed E-state index contributed by atoms with van der Waals surface area (Å²) in [6.07, 6.45) is -19.2. The molecule has 0 heterocycles. The van der Waals surface area contributed by atoms with E-state index in [4.69, 9.17) is 0 Å². The fourth-order valence-electron chi connectivity index (χ4n) is 0.438. The molecule has 0 aromatic heterocycles. The summed E-state index contributed by atoms with van der Waals surface area (Å²) in [4.78, 5) is 0. The third-order valence-electron chi connectivity index (χ3n) is 0.984. The summed E-state index contributed by atoms with van der Waals surface area (Å²) in [5, 5.41) is 0. The van der Waals surface area contributed by atoms with Crippen molar-refractivity contribution in [2.45, 2.75) is 24.9 Å². The Labute approximate surface area is 72.6 Å². The molecular formula is C5H4F8O. The molecule has 1 atom stereocenters. The Balaban J connectivity index is 4.31. The summed E-state index contributed by atoms with van der Waals surface area (Å²) in [7, 11) is 0. The van der Waals surface area contributed by atoms with Gasteiger partial charge in [-0.3, -0.25) is 0 Å². The van der Waals surface area contributed by atoms with Crippen LogP contribution in [0.15, 0.2) is 0 Å². The number of alkyl halides is 8. The van der Waals surface area contributed by atoms with E-state index in [9.17, 15) is 35.1 Å². The van der Waals surface area contributed by atoms with Crippen LogP contribution in [-0.4, -0.2) is 31.5 Å². The molecule has 0 amide bonds. The summed E-state index contributed by atoms with van der Waals surface area (Å²) in [5.74, 6) is 0. The van der Waals surface area contributed by atoms with Gasteiger partial charge in [0.25, 0.3) is 12.6 Å². The maximum Gasteiger partial charge on any atom is 0.428 e. The number of hydrogen-bond donors (Lipinski definition) is 0. The van der Waals surface area contributed by atoms with Crippen LogP contribution in [0.1, 0.15) is 0 Å². The summed E-state index contributed by atoms with van der Waals surface area (Å²) < 4.78 is 95.3. The molecule has 0 rings (SSSR count). The fraction of sp³-hybridized carbons (Fsp3) is 1.00. The van der Waals surface area contributed by atoms with Gasteiger partial charge in [0.2, 0.25) is 0 Å². The van der Waals surface area contributed by atoms with Gasteiger partial charge in [-0.05, 0) is 0 Å². The zero-order valence-corrected chi connectivity index (χ0v) is 6.29. The third kappa shape index (κ3) is 4.07. The average molecular weight is 232 g/mol. The molecule has 1 nitrogen and oxygen atoms in total. The Morgan fingerprint density at radius 3 is 1.64 bits per heavy atom. The molecule has 0 aliphatic rings. The van der Waals surface area contributed by atoms with Crippen LogP contribution in [0.25, 0.3) is 0 Å². The van der Waals surface area contributed by atoms with Crippen LogP contribution in [0, 0.1) is 0 Å². The number of hydrogen-bond acceptors (Lipinski definition) is 1. The highest BCUT2D eigenvalue weighted by Crippen LogP contribution is 2.35. The maximum atomic E-state index is 12.0. The first-order valence-corrected chi connectivity index (χ1v) is 3.08. The maximum absolute atomic E-state index is 12.0. The average Bonchev–Trinajstić information content (AvgIpc) is 1.98. The molecule has 0 unspecified atom stereocenters. The lowest BCUT2D eigenvalue weighted by molar-refractivity contribution is -0.340. The molecule has 0 radical (unpaired) electrons. The highest BCUT2D eigenvalue weighted by atomic mass is 19.4. The van der Waals surface area contributed by atoms with Gasteiger partial charge in [-0.1, -0.05) is 0 Å². The molecular weight excluding hydrogens is 228 g/mol. The molecule has 0 bridgehead atoms. The predicted octanol–water partition coefficient (Wildman–Crippen LogP) is 2.76. The molecule has 0 fully saturated rings. The number of rotatable bonds is 4. The zero-order valence-electron chi connectivity index (χ0n) is 6.29. The quantitative estimate of drug-likeness (QED) is 0.677. The van der Waals surface area contributed by atoms with Crippen molar-refractivity contribution in [1.29, 1.82) is 0 Å². The lowest BCUT2D eigenvalue weighted by Gasteiger charge is -2.22. The zero-order chi connectivity index (χ0) is 11.6. The molecule has 0 aromatic carbocycles. The third-order valence-corrected chi connectivity index (χ3v) is 0.984. The van der Waals surface area contributed by atoms with Crippen LogP contribution >= 0.6 is 0 Å².